The highest BCUT2D eigenvalue weighted by molar-refractivity contribution is 4.91. The van der Waals surface area contributed by atoms with Crippen LogP contribution in [-0.4, -0.2) is 44.3 Å². The number of nitrogens with zero attached hydrogens (tertiary/aromatic N) is 1. The maximum atomic E-state index is 5.38. The first kappa shape index (κ1) is 10.7. The summed E-state index contributed by atoms with van der Waals surface area (Å²) in [5.41, 5.74) is 5.38. The number of nitrogens with two attached hydrogens (primary N) is 1. The molecular formula is C10H20N2O. The van der Waals surface area contributed by atoms with Crippen molar-refractivity contribution >= 4 is 0 Å². The molecule has 0 amide bonds. The number of methoxy groups -OCH3 is 1. The summed E-state index contributed by atoms with van der Waals surface area (Å²) in [7, 11) is 1.75. The summed E-state index contributed by atoms with van der Waals surface area (Å²) in [5, 5.41) is 0. The molecule has 0 aromatic rings. The first-order chi connectivity index (χ1) is 6.38. The highest BCUT2D eigenvalue weighted by atomic mass is 16.5. The zero-order valence-electron chi connectivity index (χ0n) is 8.41. The van der Waals surface area contributed by atoms with Crippen molar-refractivity contribution in [2.24, 2.45) is 5.73 Å². The van der Waals surface area contributed by atoms with Crippen molar-refractivity contribution in [2.45, 2.75) is 18.9 Å². The van der Waals surface area contributed by atoms with Crippen LogP contribution in [0.2, 0.25) is 0 Å². The van der Waals surface area contributed by atoms with E-state index < -0.39 is 0 Å². The molecule has 0 radical (unpaired) electrons. The predicted molar refractivity (Wildman–Crippen MR) is 54.7 cm³/mol. The molecule has 1 fully saturated rings. The van der Waals surface area contributed by atoms with Gasteiger partial charge < -0.3 is 10.5 Å². The summed E-state index contributed by atoms with van der Waals surface area (Å²) in [6, 6.07) is 0.803. The molecule has 1 saturated carbocycles. The highest BCUT2D eigenvalue weighted by Gasteiger charge is 2.27. The van der Waals surface area contributed by atoms with Gasteiger partial charge in [0.25, 0.3) is 0 Å². The molecule has 0 saturated heterocycles. The van der Waals surface area contributed by atoms with Crippen LogP contribution in [0.25, 0.3) is 0 Å². The van der Waals surface area contributed by atoms with Gasteiger partial charge in [0.2, 0.25) is 0 Å². The average Bonchev–Trinajstić information content (AvgIpc) is 2.94. The van der Waals surface area contributed by atoms with Gasteiger partial charge in [-0.2, -0.15) is 0 Å². The summed E-state index contributed by atoms with van der Waals surface area (Å²) >= 11 is 0. The van der Waals surface area contributed by atoms with E-state index in [0.29, 0.717) is 6.54 Å². The minimum absolute atomic E-state index is 0.642. The summed E-state index contributed by atoms with van der Waals surface area (Å²) < 4.78 is 5.07. The molecule has 0 aromatic carbocycles. The molecule has 0 aliphatic heterocycles. The minimum atomic E-state index is 0.642. The molecule has 0 atom stereocenters. The molecular weight excluding hydrogens is 164 g/mol. The van der Waals surface area contributed by atoms with Gasteiger partial charge in [-0.3, -0.25) is 4.90 Å². The molecule has 0 heterocycles. The summed E-state index contributed by atoms with van der Waals surface area (Å²) in [4.78, 5) is 2.45. The Balaban J connectivity index is 2.17. The van der Waals surface area contributed by atoms with Gasteiger partial charge in [0.05, 0.1) is 6.61 Å². The standard InChI is InChI=1S/C10H20N2O/c1-13-9-8-12(10-4-5-10)7-3-2-6-11/h2-3,10H,4-9,11H2,1H3. The lowest BCUT2D eigenvalue weighted by Gasteiger charge is -2.19. The number of ether oxygens (including phenoxy) is 1. The molecule has 76 valence electrons. The third kappa shape index (κ3) is 4.41. The van der Waals surface area contributed by atoms with Crippen LogP contribution in [0.5, 0.6) is 0 Å². The van der Waals surface area contributed by atoms with Gasteiger partial charge in [-0.1, -0.05) is 12.2 Å². The van der Waals surface area contributed by atoms with Gasteiger partial charge in [0, 0.05) is 32.8 Å². The van der Waals surface area contributed by atoms with E-state index in [4.69, 9.17) is 10.5 Å². The SMILES string of the molecule is COCCN(CC=CCN)C1CC1. The lowest BCUT2D eigenvalue weighted by molar-refractivity contribution is 0.150. The van der Waals surface area contributed by atoms with Crippen LogP contribution >= 0.6 is 0 Å². The molecule has 1 rings (SSSR count). The van der Waals surface area contributed by atoms with Crippen molar-refractivity contribution in [2.75, 3.05) is 33.4 Å². The average molecular weight is 184 g/mol. The molecule has 0 bridgehead atoms. The van der Waals surface area contributed by atoms with Crippen molar-refractivity contribution in [3.8, 4) is 0 Å². The van der Waals surface area contributed by atoms with Crippen molar-refractivity contribution in [3.63, 3.8) is 0 Å². The molecule has 3 heteroatoms. The Bertz CT molecular complexity index is 155. The second-order valence-electron chi connectivity index (χ2n) is 3.43. The van der Waals surface area contributed by atoms with Gasteiger partial charge in [-0.05, 0) is 12.8 Å². The first-order valence-electron chi connectivity index (χ1n) is 4.96. The van der Waals surface area contributed by atoms with E-state index in [0.717, 1.165) is 25.7 Å². The van der Waals surface area contributed by atoms with Crippen LogP contribution in [0.1, 0.15) is 12.8 Å². The Hall–Kier alpha value is -0.380. The van der Waals surface area contributed by atoms with Crippen LogP contribution in [0, 0.1) is 0 Å². The zero-order chi connectivity index (χ0) is 9.52. The number of hydrogen-bond donors (Lipinski definition) is 1. The molecule has 0 spiro atoms. The smallest absolute Gasteiger partial charge is 0.0589 e. The molecule has 0 unspecified atom stereocenters. The fourth-order valence-electron chi connectivity index (χ4n) is 1.38. The van der Waals surface area contributed by atoms with E-state index in [9.17, 15) is 0 Å². The van der Waals surface area contributed by atoms with Gasteiger partial charge in [-0.15, -0.1) is 0 Å². The largest absolute Gasteiger partial charge is 0.383 e. The molecule has 2 N–H and O–H groups in total. The van der Waals surface area contributed by atoms with Crippen LogP contribution in [0.15, 0.2) is 12.2 Å². The van der Waals surface area contributed by atoms with E-state index in [2.05, 4.69) is 11.0 Å². The summed E-state index contributed by atoms with van der Waals surface area (Å²) in [6.07, 6.45) is 6.86. The Kier molecular flexibility index (Phi) is 5.05. The molecule has 3 nitrogen and oxygen atoms in total. The second kappa shape index (κ2) is 6.13. The van der Waals surface area contributed by atoms with E-state index >= 15 is 0 Å². The predicted octanol–water partition coefficient (Wildman–Crippen LogP) is 0.612. The lowest BCUT2D eigenvalue weighted by atomic mass is 10.4. The quantitative estimate of drug-likeness (QED) is 0.589. The van der Waals surface area contributed by atoms with Gasteiger partial charge in [0.15, 0.2) is 0 Å². The number of rotatable bonds is 7. The fraction of sp³-hybridized carbons (Fsp3) is 0.800. The van der Waals surface area contributed by atoms with E-state index in [1.165, 1.54) is 12.8 Å². The fourth-order valence-corrected chi connectivity index (χ4v) is 1.38. The maximum absolute atomic E-state index is 5.38. The molecule has 13 heavy (non-hydrogen) atoms. The number of hydrogen-bond acceptors (Lipinski definition) is 3. The molecule has 1 aliphatic carbocycles. The Morgan fingerprint density at radius 1 is 1.46 bits per heavy atom. The molecule has 0 aromatic heterocycles. The third-order valence-corrected chi connectivity index (χ3v) is 2.29. The van der Waals surface area contributed by atoms with Crippen molar-refractivity contribution in [3.05, 3.63) is 12.2 Å². The van der Waals surface area contributed by atoms with E-state index in [-0.39, 0.29) is 0 Å². The van der Waals surface area contributed by atoms with Gasteiger partial charge >= 0.3 is 0 Å². The highest BCUT2D eigenvalue weighted by Crippen LogP contribution is 2.26. The van der Waals surface area contributed by atoms with Crippen LogP contribution in [-0.2, 0) is 4.74 Å². The summed E-state index contributed by atoms with van der Waals surface area (Å²) in [6.45, 7) is 3.52. The van der Waals surface area contributed by atoms with Crippen LogP contribution in [0.4, 0.5) is 0 Å². The third-order valence-electron chi connectivity index (χ3n) is 2.29. The van der Waals surface area contributed by atoms with Crippen LogP contribution < -0.4 is 5.73 Å². The second-order valence-corrected chi connectivity index (χ2v) is 3.43. The van der Waals surface area contributed by atoms with Crippen molar-refractivity contribution in [1.82, 2.24) is 4.90 Å². The normalized spacial score (nSPS) is 17.5. The van der Waals surface area contributed by atoms with Gasteiger partial charge in [-0.25, -0.2) is 0 Å². The lowest BCUT2D eigenvalue weighted by Crippen LogP contribution is -2.29. The Morgan fingerprint density at radius 3 is 2.77 bits per heavy atom. The Labute approximate surface area is 80.5 Å². The maximum Gasteiger partial charge on any atom is 0.0589 e. The Morgan fingerprint density at radius 2 is 2.23 bits per heavy atom. The van der Waals surface area contributed by atoms with E-state index in [1.54, 1.807) is 7.11 Å². The van der Waals surface area contributed by atoms with Gasteiger partial charge in [0.1, 0.15) is 0 Å². The monoisotopic (exact) mass is 184 g/mol. The minimum Gasteiger partial charge on any atom is -0.383 e. The van der Waals surface area contributed by atoms with Crippen LogP contribution in [0.3, 0.4) is 0 Å². The topological polar surface area (TPSA) is 38.5 Å². The first-order valence-corrected chi connectivity index (χ1v) is 4.96. The molecule has 1 aliphatic rings. The zero-order valence-corrected chi connectivity index (χ0v) is 8.41. The van der Waals surface area contributed by atoms with Crippen molar-refractivity contribution < 1.29 is 4.74 Å². The van der Waals surface area contributed by atoms with Crippen molar-refractivity contribution in [1.29, 1.82) is 0 Å². The van der Waals surface area contributed by atoms with E-state index in [1.807, 2.05) is 6.08 Å². The summed E-state index contributed by atoms with van der Waals surface area (Å²) in [5.74, 6) is 0.